The monoisotopic (exact) mass is 316 g/mol. The Morgan fingerprint density at radius 1 is 1.23 bits per heavy atom. The van der Waals surface area contributed by atoms with Crippen LogP contribution >= 0.6 is 11.3 Å². The molecular formula is C17H20N2O2S. The second-order valence-electron chi connectivity index (χ2n) is 5.17. The Hall–Kier alpha value is -2.01. The standard InChI is InChI=1S/C17H20N2O2S/c1-12-11-15(13(2)22-12)16(20)6-7-17(21)19-10-8-14-5-3-4-9-18-14/h3-5,9,11H,6-8,10H2,1-2H3,(H,19,21). The van der Waals surface area contributed by atoms with Crippen molar-refractivity contribution >= 4 is 23.0 Å². The summed E-state index contributed by atoms with van der Waals surface area (Å²) in [5, 5.41) is 2.83. The fourth-order valence-corrected chi connectivity index (χ4v) is 3.18. The van der Waals surface area contributed by atoms with Gasteiger partial charge in [-0.3, -0.25) is 14.6 Å². The van der Waals surface area contributed by atoms with E-state index in [1.165, 1.54) is 0 Å². The Morgan fingerprint density at radius 3 is 2.68 bits per heavy atom. The van der Waals surface area contributed by atoms with Crippen LogP contribution in [0.3, 0.4) is 0 Å². The van der Waals surface area contributed by atoms with Gasteiger partial charge in [0.1, 0.15) is 0 Å². The van der Waals surface area contributed by atoms with Crippen LogP contribution in [0.25, 0.3) is 0 Å². The number of aryl methyl sites for hydroxylation is 2. The Bertz CT molecular complexity index is 650. The maximum Gasteiger partial charge on any atom is 0.220 e. The van der Waals surface area contributed by atoms with Gasteiger partial charge in [0.15, 0.2) is 5.78 Å². The Morgan fingerprint density at radius 2 is 2.05 bits per heavy atom. The van der Waals surface area contributed by atoms with Gasteiger partial charge in [-0.25, -0.2) is 0 Å². The molecule has 2 aromatic heterocycles. The van der Waals surface area contributed by atoms with Crippen molar-refractivity contribution in [2.45, 2.75) is 33.1 Å². The first kappa shape index (κ1) is 16.4. The van der Waals surface area contributed by atoms with Gasteiger partial charge >= 0.3 is 0 Å². The highest BCUT2D eigenvalue weighted by Gasteiger charge is 2.13. The zero-order valence-electron chi connectivity index (χ0n) is 12.9. The third-order valence-electron chi connectivity index (χ3n) is 3.35. The van der Waals surface area contributed by atoms with Crippen molar-refractivity contribution in [2.24, 2.45) is 0 Å². The normalized spacial score (nSPS) is 10.5. The zero-order chi connectivity index (χ0) is 15.9. The van der Waals surface area contributed by atoms with Crippen molar-refractivity contribution < 1.29 is 9.59 Å². The number of amides is 1. The summed E-state index contributed by atoms with van der Waals surface area (Å²) in [6.07, 6.45) is 2.92. The predicted octanol–water partition coefficient (Wildman–Crippen LogP) is 3.08. The number of hydrogen-bond donors (Lipinski definition) is 1. The maximum absolute atomic E-state index is 12.1. The molecule has 0 aliphatic carbocycles. The number of aromatic nitrogens is 1. The highest BCUT2D eigenvalue weighted by atomic mass is 32.1. The molecule has 116 valence electrons. The van der Waals surface area contributed by atoms with Crippen molar-refractivity contribution in [1.82, 2.24) is 10.3 Å². The van der Waals surface area contributed by atoms with E-state index in [2.05, 4.69) is 10.3 Å². The van der Waals surface area contributed by atoms with E-state index in [1.54, 1.807) is 17.5 Å². The molecule has 0 aliphatic rings. The minimum Gasteiger partial charge on any atom is -0.356 e. The lowest BCUT2D eigenvalue weighted by Crippen LogP contribution is -2.26. The summed E-state index contributed by atoms with van der Waals surface area (Å²) in [5.74, 6) is -0.0457. The van der Waals surface area contributed by atoms with Crippen molar-refractivity contribution in [2.75, 3.05) is 6.54 Å². The third kappa shape index (κ3) is 4.77. The highest BCUT2D eigenvalue weighted by Crippen LogP contribution is 2.22. The molecule has 0 radical (unpaired) electrons. The number of carbonyl (C=O) groups excluding carboxylic acids is 2. The van der Waals surface area contributed by atoms with Crippen molar-refractivity contribution in [1.29, 1.82) is 0 Å². The molecule has 2 heterocycles. The first-order valence-electron chi connectivity index (χ1n) is 7.33. The van der Waals surface area contributed by atoms with Gasteiger partial charge in [-0.15, -0.1) is 11.3 Å². The summed E-state index contributed by atoms with van der Waals surface area (Å²) in [5.41, 5.74) is 1.70. The number of thiophene rings is 1. The minimum atomic E-state index is -0.0890. The van der Waals surface area contributed by atoms with E-state index >= 15 is 0 Å². The fourth-order valence-electron chi connectivity index (χ4n) is 2.23. The molecule has 0 aliphatic heterocycles. The molecule has 0 saturated heterocycles. The van der Waals surface area contributed by atoms with Crippen LogP contribution < -0.4 is 5.32 Å². The molecule has 0 saturated carbocycles. The number of carbonyl (C=O) groups is 2. The molecule has 0 atom stereocenters. The summed E-state index contributed by atoms with van der Waals surface area (Å²) in [7, 11) is 0. The minimum absolute atomic E-state index is 0.0433. The predicted molar refractivity (Wildman–Crippen MR) is 88.3 cm³/mol. The van der Waals surface area contributed by atoms with E-state index in [9.17, 15) is 9.59 Å². The topological polar surface area (TPSA) is 59.1 Å². The van der Waals surface area contributed by atoms with Crippen LogP contribution in [0, 0.1) is 13.8 Å². The number of ketones is 1. The van der Waals surface area contributed by atoms with Gasteiger partial charge in [-0.2, -0.15) is 0 Å². The second kappa shape index (κ2) is 7.84. The summed E-state index contributed by atoms with van der Waals surface area (Å²) in [6.45, 7) is 4.47. The van der Waals surface area contributed by atoms with E-state index < -0.39 is 0 Å². The van der Waals surface area contributed by atoms with Crippen molar-refractivity contribution in [3.8, 4) is 0 Å². The van der Waals surface area contributed by atoms with Crippen LogP contribution in [0.1, 0.15) is 38.6 Å². The molecule has 5 heteroatoms. The molecule has 0 fully saturated rings. The van der Waals surface area contributed by atoms with E-state index in [-0.39, 0.29) is 24.5 Å². The van der Waals surface area contributed by atoms with Crippen LogP contribution in [-0.4, -0.2) is 23.2 Å². The molecule has 0 aromatic carbocycles. The molecule has 0 bridgehead atoms. The molecule has 2 aromatic rings. The highest BCUT2D eigenvalue weighted by molar-refractivity contribution is 7.12. The van der Waals surface area contributed by atoms with Gasteiger partial charge in [0, 0.05) is 53.0 Å². The van der Waals surface area contributed by atoms with Gasteiger partial charge in [-0.1, -0.05) is 6.07 Å². The molecule has 22 heavy (non-hydrogen) atoms. The summed E-state index contributed by atoms with van der Waals surface area (Å²) < 4.78 is 0. The fraction of sp³-hybridized carbons (Fsp3) is 0.353. The van der Waals surface area contributed by atoms with E-state index in [0.717, 1.165) is 21.0 Å². The second-order valence-corrected chi connectivity index (χ2v) is 6.63. The Balaban J connectivity index is 1.71. The molecule has 0 unspecified atom stereocenters. The zero-order valence-corrected chi connectivity index (χ0v) is 13.7. The number of nitrogens with one attached hydrogen (secondary N) is 1. The summed E-state index contributed by atoms with van der Waals surface area (Å²) in [6, 6.07) is 7.62. The SMILES string of the molecule is Cc1cc(C(=O)CCC(=O)NCCc2ccccn2)c(C)s1. The van der Waals surface area contributed by atoms with Gasteiger partial charge in [-0.05, 0) is 32.0 Å². The largest absolute Gasteiger partial charge is 0.356 e. The van der Waals surface area contributed by atoms with Crippen molar-refractivity contribution in [3.05, 3.63) is 51.5 Å². The molecule has 0 spiro atoms. The number of nitrogens with zero attached hydrogens (tertiary/aromatic N) is 1. The van der Waals surface area contributed by atoms with Crippen LogP contribution in [0.4, 0.5) is 0 Å². The van der Waals surface area contributed by atoms with Gasteiger partial charge < -0.3 is 5.32 Å². The van der Waals surface area contributed by atoms with E-state index in [4.69, 9.17) is 0 Å². The van der Waals surface area contributed by atoms with Gasteiger partial charge in [0.2, 0.25) is 5.91 Å². The van der Waals surface area contributed by atoms with E-state index in [1.807, 2.05) is 38.1 Å². The van der Waals surface area contributed by atoms with E-state index in [0.29, 0.717) is 13.0 Å². The molecule has 4 nitrogen and oxygen atoms in total. The maximum atomic E-state index is 12.1. The van der Waals surface area contributed by atoms with Crippen LogP contribution in [0.15, 0.2) is 30.5 Å². The van der Waals surface area contributed by atoms with Crippen molar-refractivity contribution in [3.63, 3.8) is 0 Å². The Kier molecular flexibility index (Phi) is 5.83. The molecule has 2 rings (SSSR count). The van der Waals surface area contributed by atoms with Crippen LogP contribution in [0.2, 0.25) is 0 Å². The van der Waals surface area contributed by atoms with Crippen LogP contribution in [0.5, 0.6) is 0 Å². The van der Waals surface area contributed by atoms with Gasteiger partial charge in [0.25, 0.3) is 0 Å². The number of hydrogen-bond acceptors (Lipinski definition) is 4. The lowest BCUT2D eigenvalue weighted by atomic mass is 10.1. The summed E-state index contributed by atoms with van der Waals surface area (Å²) in [4.78, 5) is 30.2. The number of pyridine rings is 1. The van der Waals surface area contributed by atoms with Gasteiger partial charge in [0.05, 0.1) is 0 Å². The average Bonchev–Trinajstić information content (AvgIpc) is 2.84. The quantitative estimate of drug-likeness (QED) is 0.799. The van der Waals surface area contributed by atoms with Crippen LogP contribution in [-0.2, 0) is 11.2 Å². The first-order valence-corrected chi connectivity index (χ1v) is 8.15. The molecule has 1 N–H and O–H groups in total. The summed E-state index contributed by atoms with van der Waals surface area (Å²) >= 11 is 1.61. The lowest BCUT2D eigenvalue weighted by Gasteiger charge is -2.04. The third-order valence-corrected chi connectivity index (χ3v) is 4.32. The molecule has 1 amide bonds. The Labute approximate surface area is 134 Å². The first-order chi connectivity index (χ1) is 10.6. The lowest BCUT2D eigenvalue weighted by molar-refractivity contribution is -0.121. The average molecular weight is 316 g/mol. The number of rotatable bonds is 7. The number of Topliss-reactive ketones (excluding diaryl/α,β-unsaturated/α-hetero) is 1. The molecular weight excluding hydrogens is 296 g/mol. The smallest absolute Gasteiger partial charge is 0.220 e.